The normalized spacial score (nSPS) is 12.2. The zero-order valence-electron chi connectivity index (χ0n) is 8.19. The summed E-state index contributed by atoms with van der Waals surface area (Å²) in [4.78, 5) is 31.2. The van der Waals surface area contributed by atoms with Crippen molar-refractivity contribution in [1.29, 1.82) is 0 Å². The Balaban J connectivity index is 4.92. The molecule has 0 fully saturated rings. The predicted octanol–water partition coefficient (Wildman–Crippen LogP) is 0.171. The molecule has 0 heterocycles. The highest BCUT2D eigenvalue weighted by Gasteiger charge is 2.43. The predicted molar refractivity (Wildman–Crippen MR) is 46.7 cm³/mol. The molecule has 9 nitrogen and oxygen atoms in total. The molecular formula is C6H11N3O6. The Morgan fingerprint density at radius 2 is 1.73 bits per heavy atom. The van der Waals surface area contributed by atoms with Crippen LogP contribution in [0.4, 0.5) is 0 Å². The fraction of sp³-hybridized carbons (Fsp3) is 0.833. The van der Waals surface area contributed by atoms with Crippen LogP contribution in [0, 0.1) is 26.1 Å². The van der Waals surface area contributed by atoms with E-state index in [1.54, 1.807) is 13.8 Å². The van der Waals surface area contributed by atoms with E-state index in [2.05, 4.69) is 0 Å². The van der Waals surface area contributed by atoms with Crippen molar-refractivity contribution in [2.75, 3.05) is 0 Å². The van der Waals surface area contributed by atoms with Crippen LogP contribution in [0.1, 0.15) is 20.3 Å². The van der Waals surface area contributed by atoms with Crippen LogP contribution in [-0.4, -0.2) is 32.3 Å². The molecule has 0 saturated heterocycles. The van der Waals surface area contributed by atoms with Crippen molar-refractivity contribution >= 4 is 5.97 Å². The third-order valence-corrected chi connectivity index (χ3v) is 1.59. The van der Waals surface area contributed by atoms with Gasteiger partial charge in [0.2, 0.25) is 10.1 Å². The van der Waals surface area contributed by atoms with Crippen LogP contribution >= 0.6 is 0 Å². The number of hydrazine groups is 2. The summed E-state index contributed by atoms with van der Waals surface area (Å²) >= 11 is 0. The summed E-state index contributed by atoms with van der Waals surface area (Å²) in [5.74, 6) is -1.79. The smallest absolute Gasteiger partial charge is 0.339 e. The van der Waals surface area contributed by atoms with Gasteiger partial charge in [0.15, 0.2) is 5.12 Å². The van der Waals surface area contributed by atoms with Gasteiger partial charge in [-0.05, 0) is 12.3 Å². The van der Waals surface area contributed by atoms with Gasteiger partial charge in [0.25, 0.3) is 6.04 Å². The number of hydrogen-bond donors (Lipinski definition) is 1. The first-order chi connectivity index (χ1) is 6.77. The summed E-state index contributed by atoms with van der Waals surface area (Å²) in [7, 11) is 0. The van der Waals surface area contributed by atoms with Crippen LogP contribution in [0.15, 0.2) is 0 Å². The van der Waals surface area contributed by atoms with E-state index >= 15 is 0 Å². The Morgan fingerprint density at radius 1 is 1.33 bits per heavy atom. The molecule has 0 saturated carbocycles. The van der Waals surface area contributed by atoms with Gasteiger partial charge in [-0.2, -0.15) is 0 Å². The zero-order chi connectivity index (χ0) is 12.2. The number of hydrogen-bond acceptors (Lipinski definition) is 5. The number of nitro groups is 2. The Labute approximate surface area is 84.5 Å². The minimum absolute atomic E-state index is 0.169. The van der Waals surface area contributed by atoms with Gasteiger partial charge in [-0.3, -0.25) is 0 Å². The summed E-state index contributed by atoms with van der Waals surface area (Å²) in [5.41, 5.74) is 0. The number of rotatable bonds is 6. The van der Waals surface area contributed by atoms with Crippen molar-refractivity contribution in [3.8, 4) is 0 Å². The van der Waals surface area contributed by atoms with Crippen LogP contribution in [0.5, 0.6) is 0 Å². The second-order valence-electron chi connectivity index (χ2n) is 3.28. The average Bonchev–Trinajstić information content (AvgIpc) is 2.00. The first-order valence-electron chi connectivity index (χ1n) is 4.08. The molecule has 0 aliphatic rings. The molecule has 0 aromatic heterocycles. The van der Waals surface area contributed by atoms with Gasteiger partial charge in [-0.15, -0.1) is 0 Å². The van der Waals surface area contributed by atoms with Gasteiger partial charge in [-0.1, -0.05) is 13.8 Å². The lowest BCUT2D eigenvalue weighted by Crippen LogP contribution is -2.48. The third-order valence-electron chi connectivity index (χ3n) is 1.59. The van der Waals surface area contributed by atoms with Crippen molar-refractivity contribution in [2.24, 2.45) is 5.92 Å². The van der Waals surface area contributed by atoms with Crippen LogP contribution in [0.2, 0.25) is 0 Å². The summed E-state index contributed by atoms with van der Waals surface area (Å²) in [5, 5.41) is 26.1. The van der Waals surface area contributed by atoms with Crippen LogP contribution < -0.4 is 0 Å². The lowest BCUT2D eigenvalue weighted by molar-refractivity contribution is -0.912. The fourth-order valence-corrected chi connectivity index (χ4v) is 1.03. The molecule has 0 spiro atoms. The molecule has 0 rings (SSSR count). The van der Waals surface area contributed by atoms with Gasteiger partial charge in [0, 0.05) is 0 Å². The summed E-state index contributed by atoms with van der Waals surface area (Å²) < 4.78 is 0. The molecule has 0 aliphatic heterocycles. The Morgan fingerprint density at radius 3 is 1.93 bits per heavy atom. The van der Waals surface area contributed by atoms with Gasteiger partial charge in [-0.25, -0.2) is 25.0 Å². The van der Waals surface area contributed by atoms with Crippen molar-refractivity contribution < 1.29 is 20.0 Å². The van der Waals surface area contributed by atoms with Crippen LogP contribution in [0.25, 0.3) is 0 Å². The molecule has 9 heteroatoms. The topological polar surface area (TPSA) is 127 Å². The molecule has 86 valence electrons. The van der Waals surface area contributed by atoms with E-state index in [1.807, 2.05) is 0 Å². The lowest BCUT2D eigenvalue weighted by Gasteiger charge is -2.13. The number of nitrogens with zero attached hydrogens (tertiary/aromatic N) is 3. The molecule has 0 bridgehead atoms. The molecule has 0 amide bonds. The maximum absolute atomic E-state index is 10.6. The SMILES string of the molecule is CC(C)C[C@@H](C(=O)O)N([N+](=O)[O-])[N+](=O)[O-]. The molecule has 1 atom stereocenters. The van der Waals surface area contributed by atoms with E-state index < -0.39 is 27.2 Å². The quantitative estimate of drug-likeness (QED) is 0.500. The first-order valence-corrected chi connectivity index (χ1v) is 4.08. The maximum atomic E-state index is 10.6. The van der Waals surface area contributed by atoms with Crippen molar-refractivity contribution in [2.45, 2.75) is 26.3 Å². The third kappa shape index (κ3) is 3.75. The Kier molecular flexibility index (Phi) is 4.42. The average molecular weight is 221 g/mol. The molecule has 0 radical (unpaired) electrons. The van der Waals surface area contributed by atoms with E-state index in [0.29, 0.717) is 0 Å². The van der Waals surface area contributed by atoms with Crippen LogP contribution in [0.3, 0.4) is 0 Å². The minimum atomic E-state index is -1.75. The van der Waals surface area contributed by atoms with Gasteiger partial charge >= 0.3 is 5.97 Å². The summed E-state index contributed by atoms with van der Waals surface area (Å²) in [6.07, 6.45) is -0.169. The van der Waals surface area contributed by atoms with E-state index in [-0.39, 0.29) is 12.3 Å². The summed E-state index contributed by atoms with van der Waals surface area (Å²) in [6, 6.07) is -1.75. The summed E-state index contributed by atoms with van der Waals surface area (Å²) in [6.45, 7) is 3.24. The maximum Gasteiger partial charge on any atom is 0.339 e. The lowest BCUT2D eigenvalue weighted by atomic mass is 10.0. The van der Waals surface area contributed by atoms with E-state index in [0.717, 1.165) is 0 Å². The second kappa shape index (κ2) is 5.08. The highest BCUT2D eigenvalue weighted by Crippen LogP contribution is 2.12. The molecule has 0 aliphatic carbocycles. The van der Waals surface area contributed by atoms with Crippen LogP contribution in [-0.2, 0) is 4.79 Å². The Hall–Kier alpha value is -1.93. The molecule has 0 aromatic carbocycles. The largest absolute Gasteiger partial charge is 0.479 e. The first kappa shape index (κ1) is 13.1. The number of carboxylic acid groups (broad SMARTS) is 1. The number of aliphatic carboxylic acids is 1. The zero-order valence-corrected chi connectivity index (χ0v) is 8.19. The van der Waals surface area contributed by atoms with Crippen molar-refractivity contribution in [1.82, 2.24) is 5.12 Å². The Bertz CT molecular complexity index is 264. The number of carboxylic acids is 1. The molecule has 1 N–H and O–H groups in total. The second-order valence-corrected chi connectivity index (χ2v) is 3.28. The van der Waals surface area contributed by atoms with E-state index in [4.69, 9.17) is 5.11 Å². The van der Waals surface area contributed by atoms with E-state index in [1.165, 1.54) is 0 Å². The van der Waals surface area contributed by atoms with Gasteiger partial charge in [0.1, 0.15) is 0 Å². The fourth-order valence-electron chi connectivity index (χ4n) is 1.03. The van der Waals surface area contributed by atoms with Crippen molar-refractivity contribution in [3.63, 3.8) is 0 Å². The highest BCUT2D eigenvalue weighted by atomic mass is 16.8. The molecule has 15 heavy (non-hydrogen) atoms. The minimum Gasteiger partial charge on any atom is -0.479 e. The monoisotopic (exact) mass is 221 g/mol. The van der Waals surface area contributed by atoms with Gasteiger partial charge < -0.3 is 5.11 Å². The number of carbonyl (C=O) groups is 1. The van der Waals surface area contributed by atoms with Gasteiger partial charge in [0.05, 0.1) is 0 Å². The molecular weight excluding hydrogens is 210 g/mol. The molecule has 0 unspecified atom stereocenters. The van der Waals surface area contributed by atoms with Crippen molar-refractivity contribution in [3.05, 3.63) is 20.2 Å². The standard InChI is InChI=1S/C6H11N3O6/c1-4(2)3-5(6(10)11)7(8(12)13)9(14)15/h4-5H,3H2,1-2H3,(H,10,11)/t5-/m0/s1. The van der Waals surface area contributed by atoms with E-state index in [9.17, 15) is 25.0 Å². The highest BCUT2D eigenvalue weighted by molar-refractivity contribution is 5.72. The molecule has 0 aromatic rings.